The van der Waals surface area contributed by atoms with E-state index in [1.54, 1.807) is 17.8 Å². The second-order valence-corrected chi connectivity index (χ2v) is 6.51. The number of nitrogens with one attached hydrogen (secondary N) is 1. The van der Waals surface area contributed by atoms with E-state index < -0.39 is 0 Å². The molecule has 0 radical (unpaired) electrons. The molecular weight excluding hydrogens is 302 g/mol. The van der Waals surface area contributed by atoms with E-state index in [0.717, 1.165) is 10.7 Å². The molecule has 21 heavy (non-hydrogen) atoms. The number of hydrogen-bond acceptors (Lipinski definition) is 3. The molecule has 1 N–H and O–H groups in total. The summed E-state index contributed by atoms with van der Waals surface area (Å²) in [6.07, 6.45) is 2.22. The number of allylic oxidation sites excluding steroid dienone is 1. The largest absolute Gasteiger partial charge is 0.350 e. The quantitative estimate of drug-likeness (QED) is 0.860. The Labute approximate surface area is 133 Å². The number of thioether (sulfide) groups is 1. The molecular formula is C17H14ClNOS. The molecule has 0 aromatic heterocycles. The van der Waals surface area contributed by atoms with Crippen molar-refractivity contribution in [1.29, 1.82) is 0 Å². The molecule has 2 aromatic carbocycles. The SMILES string of the molecule is O=C1C=C(Nc2ccc(Cl)cc2)SC(c2ccccc2)C1. The predicted octanol–water partition coefficient (Wildman–Crippen LogP) is 5.04. The molecule has 106 valence electrons. The third kappa shape index (κ3) is 3.69. The Balaban J connectivity index is 1.76. The first-order chi connectivity index (χ1) is 10.2. The summed E-state index contributed by atoms with van der Waals surface area (Å²) in [5.74, 6) is 0.152. The van der Waals surface area contributed by atoms with Crippen LogP contribution in [0.3, 0.4) is 0 Å². The molecule has 0 amide bonds. The van der Waals surface area contributed by atoms with E-state index in [-0.39, 0.29) is 11.0 Å². The predicted molar refractivity (Wildman–Crippen MR) is 89.6 cm³/mol. The molecule has 2 aromatic rings. The average molecular weight is 316 g/mol. The highest BCUT2D eigenvalue weighted by atomic mass is 35.5. The number of halogens is 1. The van der Waals surface area contributed by atoms with Crippen LogP contribution in [0.5, 0.6) is 0 Å². The van der Waals surface area contributed by atoms with E-state index in [1.807, 2.05) is 42.5 Å². The lowest BCUT2D eigenvalue weighted by Crippen LogP contribution is -2.12. The van der Waals surface area contributed by atoms with Gasteiger partial charge in [0.2, 0.25) is 0 Å². The monoisotopic (exact) mass is 315 g/mol. The van der Waals surface area contributed by atoms with E-state index in [2.05, 4.69) is 17.4 Å². The summed E-state index contributed by atoms with van der Waals surface area (Å²) in [5.41, 5.74) is 2.11. The number of carbonyl (C=O) groups excluding carboxylic acids is 1. The second-order valence-electron chi connectivity index (χ2n) is 4.83. The van der Waals surface area contributed by atoms with Crippen LogP contribution in [0.25, 0.3) is 0 Å². The molecule has 0 aliphatic carbocycles. The van der Waals surface area contributed by atoms with Gasteiger partial charge in [0, 0.05) is 28.5 Å². The minimum Gasteiger partial charge on any atom is -0.350 e. The standard InChI is InChI=1S/C17H14ClNOS/c18-13-6-8-14(9-7-13)19-17-11-15(20)10-16(21-17)12-4-2-1-3-5-12/h1-9,11,16,19H,10H2. The molecule has 1 unspecified atom stereocenters. The number of anilines is 1. The molecule has 1 aliphatic rings. The summed E-state index contributed by atoms with van der Waals surface area (Å²) in [5, 5.41) is 5.02. The first-order valence-electron chi connectivity index (χ1n) is 6.69. The lowest BCUT2D eigenvalue weighted by Gasteiger charge is -2.22. The van der Waals surface area contributed by atoms with Crippen molar-refractivity contribution in [2.24, 2.45) is 0 Å². The van der Waals surface area contributed by atoms with Gasteiger partial charge in [0.25, 0.3) is 0 Å². The van der Waals surface area contributed by atoms with Gasteiger partial charge >= 0.3 is 0 Å². The number of rotatable bonds is 3. The van der Waals surface area contributed by atoms with Crippen LogP contribution in [0.4, 0.5) is 5.69 Å². The molecule has 1 aliphatic heterocycles. The minimum absolute atomic E-state index is 0.152. The number of hydrogen-bond donors (Lipinski definition) is 1. The highest BCUT2D eigenvalue weighted by Gasteiger charge is 2.22. The maximum atomic E-state index is 12.0. The van der Waals surface area contributed by atoms with Gasteiger partial charge in [-0.3, -0.25) is 4.79 Å². The zero-order valence-electron chi connectivity index (χ0n) is 11.3. The molecule has 0 spiro atoms. The molecule has 4 heteroatoms. The third-order valence-corrected chi connectivity index (χ3v) is 4.68. The van der Waals surface area contributed by atoms with Crippen LogP contribution in [0, 0.1) is 0 Å². The second kappa shape index (κ2) is 6.37. The topological polar surface area (TPSA) is 29.1 Å². The number of ketones is 1. The summed E-state index contributed by atoms with van der Waals surface area (Å²) in [6, 6.07) is 17.6. The first kappa shape index (κ1) is 14.2. The third-order valence-electron chi connectivity index (χ3n) is 3.23. The minimum atomic E-state index is 0.152. The molecule has 0 saturated carbocycles. The van der Waals surface area contributed by atoms with E-state index in [9.17, 15) is 4.79 Å². The van der Waals surface area contributed by atoms with Crippen LogP contribution in [-0.2, 0) is 4.79 Å². The van der Waals surface area contributed by atoms with Gasteiger partial charge < -0.3 is 5.32 Å². The maximum absolute atomic E-state index is 12.0. The zero-order chi connectivity index (χ0) is 14.7. The maximum Gasteiger partial charge on any atom is 0.159 e. The summed E-state index contributed by atoms with van der Waals surface area (Å²) >= 11 is 7.56. The molecule has 2 nitrogen and oxygen atoms in total. The molecule has 0 fully saturated rings. The Morgan fingerprint density at radius 1 is 1.05 bits per heavy atom. The lowest BCUT2D eigenvalue weighted by molar-refractivity contribution is -0.114. The van der Waals surface area contributed by atoms with Gasteiger partial charge in [-0.15, -0.1) is 0 Å². The highest BCUT2D eigenvalue weighted by Crippen LogP contribution is 2.41. The molecule has 1 atom stereocenters. The zero-order valence-corrected chi connectivity index (χ0v) is 12.8. The normalized spacial score (nSPS) is 18.2. The van der Waals surface area contributed by atoms with Gasteiger partial charge in [-0.2, -0.15) is 0 Å². The van der Waals surface area contributed by atoms with E-state index in [0.29, 0.717) is 11.4 Å². The Morgan fingerprint density at radius 2 is 1.76 bits per heavy atom. The van der Waals surface area contributed by atoms with E-state index in [1.165, 1.54) is 5.56 Å². The van der Waals surface area contributed by atoms with Gasteiger partial charge in [0.15, 0.2) is 5.78 Å². The van der Waals surface area contributed by atoms with Crippen molar-refractivity contribution in [3.05, 3.63) is 76.3 Å². The Kier molecular flexibility index (Phi) is 4.32. The lowest BCUT2D eigenvalue weighted by atomic mass is 10.1. The van der Waals surface area contributed by atoms with Crippen LogP contribution in [-0.4, -0.2) is 5.78 Å². The van der Waals surface area contributed by atoms with Crippen LogP contribution in [0.2, 0.25) is 5.02 Å². The van der Waals surface area contributed by atoms with Gasteiger partial charge in [0.05, 0.1) is 5.03 Å². The summed E-state index contributed by atoms with van der Waals surface area (Å²) in [4.78, 5) is 12.0. The number of benzene rings is 2. The summed E-state index contributed by atoms with van der Waals surface area (Å²) in [7, 11) is 0. The van der Waals surface area contributed by atoms with Crippen molar-refractivity contribution in [3.8, 4) is 0 Å². The van der Waals surface area contributed by atoms with Crippen LogP contribution in [0.15, 0.2) is 65.7 Å². The Hall–Kier alpha value is -1.71. The van der Waals surface area contributed by atoms with Crippen molar-refractivity contribution < 1.29 is 4.79 Å². The summed E-state index contributed by atoms with van der Waals surface area (Å²) < 4.78 is 0. The summed E-state index contributed by atoms with van der Waals surface area (Å²) in [6.45, 7) is 0. The molecule has 0 saturated heterocycles. The van der Waals surface area contributed by atoms with Crippen LogP contribution in [0.1, 0.15) is 17.2 Å². The van der Waals surface area contributed by atoms with E-state index >= 15 is 0 Å². The van der Waals surface area contributed by atoms with Crippen molar-refractivity contribution in [2.45, 2.75) is 11.7 Å². The van der Waals surface area contributed by atoms with Crippen LogP contribution >= 0.6 is 23.4 Å². The van der Waals surface area contributed by atoms with Crippen molar-refractivity contribution >= 4 is 34.8 Å². The fourth-order valence-electron chi connectivity index (χ4n) is 2.21. The number of carbonyl (C=O) groups is 1. The van der Waals surface area contributed by atoms with Crippen molar-refractivity contribution in [1.82, 2.24) is 0 Å². The molecule has 3 rings (SSSR count). The van der Waals surface area contributed by atoms with Gasteiger partial charge in [-0.1, -0.05) is 53.7 Å². The van der Waals surface area contributed by atoms with Gasteiger partial charge in [-0.05, 0) is 29.8 Å². The Morgan fingerprint density at radius 3 is 2.48 bits per heavy atom. The fourth-order valence-corrected chi connectivity index (χ4v) is 3.56. The van der Waals surface area contributed by atoms with E-state index in [4.69, 9.17) is 11.6 Å². The fraction of sp³-hybridized carbons (Fsp3) is 0.118. The van der Waals surface area contributed by atoms with Crippen LogP contribution < -0.4 is 5.32 Å². The van der Waals surface area contributed by atoms with Crippen molar-refractivity contribution in [3.63, 3.8) is 0 Å². The van der Waals surface area contributed by atoms with Crippen molar-refractivity contribution in [2.75, 3.05) is 5.32 Å². The average Bonchev–Trinajstić information content (AvgIpc) is 2.50. The smallest absolute Gasteiger partial charge is 0.159 e. The Bertz CT molecular complexity index is 667. The molecule has 0 bridgehead atoms. The highest BCUT2D eigenvalue weighted by molar-refractivity contribution is 8.03. The van der Waals surface area contributed by atoms with Gasteiger partial charge in [0.1, 0.15) is 0 Å². The first-order valence-corrected chi connectivity index (χ1v) is 7.95. The van der Waals surface area contributed by atoms with Gasteiger partial charge in [-0.25, -0.2) is 0 Å². The molecule has 1 heterocycles.